The van der Waals surface area contributed by atoms with Crippen molar-refractivity contribution in [2.24, 2.45) is 0 Å². The van der Waals surface area contributed by atoms with Gasteiger partial charge < -0.3 is 14.8 Å². The molecular formula is C17H27N3O. The SMILES string of the molecule is CC1CCCCCN1C(=O)c1cccn1C1CCNCC1. The van der Waals surface area contributed by atoms with Crippen LogP contribution in [0.3, 0.4) is 0 Å². The minimum atomic E-state index is 0.230. The van der Waals surface area contributed by atoms with E-state index in [2.05, 4.69) is 27.9 Å². The highest BCUT2D eigenvalue weighted by atomic mass is 16.2. The number of carbonyl (C=O) groups is 1. The first-order valence-corrected chi connectivity index (χ1v) is 8.46. The van der Waals surface area contributed by atoms with Gasteiger partial charge in [-0.3, -0.25) is 4.79 Å². The fourth-order valence-electron chi connectivity index (χ4n) is 3.70. The van der Waals surface area contributed by atoms with Gasteiger partial charge in [-0.1, -0.05) is 12.8 Å². The highest BCUT2D eigenvalue weighted by Crippen LogP contribution is 2.24. The number of likely N-dealkylation sites (tertiary alicyclic amines) is 1. The van der Waals surface area contributed by atoms with Gasteiger partial charge in [-0.25, -0.2) is 0 Å². The van der Waals surface area contributed by atoms with Gasteiger partial charge in [0.2, 0.25) is 0 Å². The Morgan fingerprint density at radius 2 is 2.00 bits per heavy atom. The molecule has 116 valence electrons. The highest BCUT2D eigenvalue weighted by Gasteiger charge is 2.27. The van der Waals surface area contributed by atoms with Crippen molar-refractivity contribution in [3.63, 3.8) is 0 Å². The second kappa shape index (κ2) is 6.65. The zero-order valence-corrected chi connectivity index (χ0v) is 13.1. The van der Waals surface area contributed by atoms with Gasteiger partial charge in [0.25, 0.3) is 5.91 Å². The number of carbonyl (C=O) groups excluding carboxylic acids is 1. The Labute approximate surface area is 127 Å². The summed E-state index contributed by atoms with van der Waals surface area (Å²) in [6.45, 7) is 5.21. The van der Waals surface area contributed by atoms with E-state index in [9.17, 15) is 4.79 Å². The van der Waals surface area contributed by atoms with Crippen LogP contribution in [0, 0.1) is 0 Å². The molecule has 1 N–H and O–H groups in total. The van der Waals surface area contributed by atoms with Gasteiger partial charge in [-0.2, -0.15) is 0 Å². The monoisotopic (exact) mass is 289 g/mol. The third-order valence-electron chi connectivity index (χ3n) is 5.01. The van der Waals surface area contributed by atoms with Crippen molar-refractivity contribution >= 4 is 5.91 Å². The molecule has 1 unspecified atom stereocenters. The van der Waals surface area contributed by atoms with Gasteiger partial charge in [0.15, 0.2) is 0 Å². The van der Waals surface area contributed by atoms with Gasteiger partial charge in [0.05, 0.1) is 0 Å². The lowest BCUT2D eigenvalue weighted by Crippen LogP contribution is -2.40. The average molecular weight is 289 g/mol. The maximum Gasteiger partial charge on any atom is 0.270 e. The molecule has 2 saturated heterocycles. The minimum Gasteiger partial charge on any atom is -0.340 e. The summed E-state index contributed by atoms with van der Waals surface area (Å²) >= 11 is 0. The third-order valence-corrected chi connectivity index (χ3v) is 5.01. The number of hydrogen-bond donors (Lipinski definition) is 1. The van der Waals surface area contributed by atoms with Crippen LogP contribution in [-0.4, -0.2) is 41.1 Å². The van der Waals surface area contributed by atoms with Crippen LogP contribution in [0.5, 0.6) is 0 Å². The number of amides is 1. The van der Waals surface area contributed by atoms with Crippen LogP contribution in [0.2, 0.25) is 0 Å². The van der Waals surface area contributed by atoms with Gasteiger partial charge in [-0.15, -0.1) is 0 Å². The second-order valence-corrected chi connectivity index (χ2v) is 6.48. The molecule has 2 aliphatic heterocycles. The summed E-state index contributed by atoms with van der Waals surface area (Å²) in [5.74, 6) is 0.230. The fourth-order valence-corrected chi connectivity index (χ4v) is 3.70. The van der Waals surface area contributed by atoms with E-state index in [-0.39, 0.29) is 5.91 Å². The predicted octanol–water partition coefficient (Wildman–Crippen LogP) is 2.82. The van der Waals surface area contributed by atoms with E-state index in [1.54, 1.807) is 0 Å². The number of nitrogens with zero attached hydrogens (tertiary/aromatic N) is 2. The van der Waals surface area contributed by atoms with E-state index in [1.807, 2.05) is 12.1 Å². The van der Waals surface area contributed by atoms with Gasteiger partial charge >= 0.3 is 0 Å². The standard InChI is InChI=1S/C17H27N3O/c1-14-6-3-2-4-12-19(14)17(21)16-7-5-13-20(16)15-8-10-18-11-9-15/h5,7,13-15,18H,2-4,6,8-12H2,1H3. The van der Waals surface area contributed by atoms with Crippen LogP contribution < -0.4 is 5.32 Å². The summed E-state index contributed by atoms with van der Waals surface area (Å²) in [6, 6.07) is 4.87. The molecule has 2 aliphatic rings. The molecule has 0 spiro atoms. The van der Waals surface area contributed by atoms with Crippen molar-refractivity contribution in [1.82, 2.24) is 14.8 Å². The summed E-state index contributed by atoms with van der Waals surface area (Å²) in [5.41, 5.74) is 0.885. The molecule has 21 heavy (non-hydrogen) atoms. The Balaban J connectivity index is 1.79. The molecule has 1 atom stereocenters. The molecule has 3 rings (SSSR count). The lowest BCUT2D eigenvalue weighted by Gasteiger charge is -2.30. The quantitative estimate of drug-likeness (QED) is 0.909. The van der Waals surface area contributed by atoms with Crippen LogP contribution in [0.15, 0.2) is 18.3 Å². The van der Waals surface area contributed by atoms with E-state index >= 15 is 0 Å². The molecule has 1 aromatic rings. The molecule has 3 heterocycles. The fraction of sp³-hybridized carbons (Fsp3) is 0.706. The van der Waals surface area contributed by atoms with Crippen molar-refractivity contribution < 1.29 is 4.79 Å². The predicted molar refractivity (Wildman–Crippen MR) is 84.5 cm³/mol. The number of rotatable bonds is 2. The normalized spacial score (nSPS) is 24.8. The Hall–Kier alpha value is -1.29. The van der Waals surface area contributed by atoms with Crippen molar-refractivity contribution in [1.29, 1.82) is 0 Å². The summed E-state index contributed by atoms with van der Waals surface area (Å²) in [7, 11) is 0. The minimum absolute atomic E-state index is 0.230. The zero-order valence-electron chi connectivity index (χ0n) is 13.1. The maximum atomic E-state index is 13.0. The number of nitrogens with one attached hydrogen (secondary N) is 1. The van der Waals surface area contributed by atoms with E-state index in [4.69, 9.17) is 0 Å². The molecule has 2 fully saturated rings. The summed E-state index contributed by atoms with van der Waals surface area (Å²) < 4.78 is 2.22. The first-order chi connectivity index (χ1) is 10.3. The zero-order chi connectivity index (χ0) is 14.7. The summed E-state index contributed by atoms with van der Waals surface area (Å²) in [4.78, 5) is 15.1. The van der Waals surface area contributed by atoms with E-state index in [1.165, 1.54) is 12.8 Å². The molecule has 0 saturated carbocycles. The van der Waals surface area contributed by atoms with Gasteiger partial charge in [0, 0.05) is 24.8 Å². The topological polar surface area (TPSA) is 37.3 Å². The smallest absolute Gasteiger partial charge is 0.270 e. The molecule has 1 aromatic heterocycles. The molecule has 0 bridgehead atoms. The Kier molecular flexibility index (Phi) is 4.63. The molecule has 4 nitrogen and oxygen atoms in total. The lowest BCUT2D eigenvalue weighted by molar-refractivity contribution is 0.0683. The van der Waals surface area contributed by atoms with Crippen molar-refractivity contribution in [3.05, 3.63) is 24.0 Å². The first kappa shape index (κ1) is 14.6. The first-order valence-electron chi connectivity index (χ1n) is 8.46. The molecule has 0 aliphatic carbocycles. The van der Waals surface area contributed by atoms with Crippen molar-refractivity contribution in [3.8, 4) is 0 Å². The second-order valence-electron chi connectivity index (χ2n) is 6.48. The Morgan fingerprint density at radius 1 is 1.19 bits per heavy atom. The van der Waals surface area contributed by atoms with Crippen LogP contribution in [0.25, 0.3) is 0 Å². The third kappa shape index (κ3) is 3.15. The summed E-state index contributed by atoms with van der Waals surface area (Å²) in [5, 5.41) is 3.40. The maximum absolute atomic E-state index is 13.0. The van der Waals surface area contributed by atoms with E-state index < -0.39 is 0 Å². The lowest BCUT2D eigenvalue weighted by atomic mass is 10.1. The van der Waals surface area contributed by atoms with E-state index in [0.717, 1.165) is 51.0 Å². The average Bonchev–Trinajstić information content (AvgIpc) is 2.91. The van der Waals surface area contributed by atoms with Crippen LogP contribution >= 0.6 is 0 Å². The van der Waals surface area contributed by atoms with Crippen LogP contribution in [0.1, 0.15) is 62.0 Å². The molecule has 1 amide bonds. The summed E-state index contributed by atoms with van der Waals surface area (Å²) in [6.07, 6.45) is 9.11. The highest BCUT2D eigenvalue weighted by molar-refractivity contribution is 5.93. The van der Waals surface area contributed by atoms with Gasteiger partial charge in [0.1, 0.15) is 5.69 Å². The van der Waals surface area contributed by atoms with Gasteiger partial charge in [-0.05, 0) is 57.8 Å². The molecule has 0 radical (unpaired) electrons. The Bertz CT molecular complexity index is 476. The van der Waals surface area contributed by atoms with Crippen LogP contribution in [0.4, 0.5) is 0 Å². The number of piperidine rings is 1. The van der Waals surface area contributed by atoms with Crippen LogP contribution in [-0.2, 0) is 0 Å². The van der Waals surface area contributed by atoms with Crippen molar-refractivity contribution in [2.75, 3.05) is 19.6 Å². The largest absolute Gasteiger partial charge is 0.340 e. The van der Waals surface area contributed by atoms with E-state index in [0.29, 0.717) is 12.1 Å². The number of hydrogen-bond acceptors (Lipinski definition) is 2. The van der Waals surface area contributed by atoms with Crippen molar-refractivity contribution in [2.45, 2.75) is 57.5 Å². The molecule has 4 heteroatoms. The molecular weight excluding hydrogens is 262 g/mol. The molecule has 0 aromatic carbocycles. The Morgan fingerprint density at radius 3 is 2.81 bits per heavy atom. The number of aromatic nitrogens is 1.